The molecule has 0 spiro atoms. The van der Waals surface area contributed by atoms with E-state index in [0.29, 0.717) is 26.2 Å². The van der Waals surface area contributed by atoms with Crippen LogP contribution in [0.1, 0.15) is 92.6 Å². The summed E-state index contributed by atoms with van der Waals surface area (Å²) in [5, 5.41) is 8.77. The van der Waals surface area contributed by atoms with E-state index in [2.05, 4.69) is 48.0 Å². The molecule has 1 aromatic rings. The molecule has 2 rings (SSSR count). The largest absolute Gasteiger partial charge is 0.492 e. The number of allylic oxidation sites excluding steroid dienone is 3. The maximum absolute atomic E-state index is 12.9. The second-order valence-corrected chi connectivity index (χ2v) is 9.91. The van der Waals surface area contributed by atoms with E-state index in [1.807, 2.05) is 65.8 Å². The predicted molar refractivity (Wildman–Crippen MR) is 181 cm³/mol. The smallest absolute Gasteiger partial charge is 0.240 e. The number of amides is 3. The van der Waals surface area contributed by atoms with Crippen LogP contribution in [0.4, 0.5) is 0 Å². The van der Waals surface area contributed by atoms with E-state index in [1.54, 1.807) is 7.05 Å². The van der Waals surface area contributed by atoms with Gasteiger partial charge in [-0.3, -0.25) is 14.4 Å². The molecule has 1 aliphatic rings. The highest BCUT2D eigenvalue weighted by Gasteiger charge is 2.27. The summed E-state index contributed by atoms with van der Waals surface area (Å²) in [6, 6.07) is 9.90. The van der Waals surface area contributed by atoms with Crippen LogP contribution in [0.2, 0.25) is 0 Å². The third-order valence-corrected chi connectivity index (χ3v) is 6.62. The van der Waals surface area contributed by atoms with E-state index in [4.69, 9.17) is 4.74 Å². The van der Waals surface area contributed by atoms with E-state index in [-0.39, 0.29) is 30.3 Å². The lowest BCUT2D eigenvalue weighted by molar-refractivity contribution is -0.137. The fraction of sp³-hybridized carbons (Fsp3) is 0.629. The lowest BCUT2D eigenvalue weighted by Crippen LogP contribution is -2.51. The van der Waals surface area contributed by atoms with Crippen LogP contribution in [0.5, 0.6) is 0 Å². The Balaban J connectivity index is 0. The zero-order valence-corrected chi connectivity index (χ0v) is 28.6. The molecule has 8 nitrogen and oxygen atoms in total. The molecule has 0 heterocycles. The Morgan fingerprint density at radius 1 is 1.07 bits per heavy atom. The molecule has 0 saturated carbocycles. The highest BCUT2D eigenvalue weighted by atomic mass is 16.5. The predicted octanol–water partition coefficient (Wildman–Crippen LogP) is 6.17. The molecule has 3 amide bonds. The van der Waals surface area contributed by atoms with Gasteiger partial charge < -0.3 is 25.6 Å². The molecule has 1 aromatic carbocycles. The number of hydrogen-bond acceptors (Lipinski definition) is 5. The van der Waals surface area contributed by atoms with Gasteiger partial charge in [0.1, 0.15) is 12.4 Å². The molecular formula is C35H62N4O4. The second-order valence-electron chi connectivity index (χ2n) is 9.91. The number of nitrogens with one attached hydrogen (secondary N) is 3. The van der Waals surface area contributed by atoms with Crippen LogP contribution in [0.15, 0.2) is 53.8 Å². The van der Waals surface area contributed by atoms with Crippen LogP contribution < -0.4 is 16.0 Å². The van der Waals surface area contributed by atoms with E-state index in [1.165, 1.54) is 16.0 Å². The van der Waals surface area contributed by atoms with Gasteiger partial charge >= 0.3 is 0 Å². The van der Waals surface area contributed by atoms with Crippen LogP contribution in [-0.2, 0) is 19.1 Å². The molecule has 0 saturated heterocycles. The summed E-state index contributed by atoms with van der Waals surface area (Å²) in [6.45, 7) is 18.3. The topological polar surface area (TPSA) is 99.8 Å². The fourth-order valence-corrected chi connectivity index (χ4v) is 4.19. The van der Waals surface area contributed by atoms with Gasteiger partial charge in [0.05, 0.1) is 12.6 Å². The molecule has 43 heavy (non-hydrogen) atoms. The first-order valence-electron chi connectivity index (χ1n) is 16.3. The quantitative estimate of drug-likeness (QED) is 0.155. The average Bonchev–Trinajstić information content (AvgIpc) is 3.26. The van der Waals surface area contributed by atoms with Gasteiger partial charge in [-0.2, -0.15) is 0 Å². The zero-order chi connectivity index (χ0) is 32.9. The standard InChI is InChI=1S/C24H42N4O4.C7H8.2C2H6/c1-5-19(3)23(24(31)28(4)17-22(30)26-6-2)27-15-16-32-21-13-9-7-8-11-20(21)12-10-14-25-18-29;1-7-5-3-2-4-6-7;2*1-2/h9,13,18-19,23,27H,5-8,10-12,14-17H2,1-4H3,(H,25,29)(H,26,30);2-6H,1H3;2*1-2H3. The Hall–Kier alpha value is -3.13. The van der Waals surface area contributed by atoms with Crippen LogP contribution in [0, 0.1) is 12.8 Å². The Morgan fingerprint density at radius 2 is 1.74 bits per heavy atom. The van der Waals surface area contributed by atoms with Crippen molar-refractivity contribution in [2.45, 2.75) is 100.0 Å². The maximum atomic E-state index is 12.9. The molecule has 0 fully saturated rings. The molecule has 0 aromatic heterocycles. The first-order valence-corrected chi connectivity index (χ1v) is 16.3. The van der Waals surface area contributed by atoms with Gasteiger partial charge in [-0.15, -0.1) is 0 Å². The number of hydrogen-bond donors (Lipinski definition) is 3. The van der Waals surface area contributed by atoms with Crippen LogP contribution >= 0.6 is 0 Å². The number of carbonyl (C=O) groups excluding carboxylic acids is 3. The fourth-order valence-electron chi connectivity index (χ4n) is 4.19. The van der Waals surface area contributed by atoms with Gasteiger partial charge in [-0.1, -0.05) is 89.9 Å². The van der Waals surface area contributed by atoms with E-state index < -0.39 is 0 Å². The van der Waals surface area contributed by atoms with E-state index in [0.717, 1.165) is 50.7 Å². The molecule has 246 valence electrons. The summed E-state index contributed by atoms with van der Waals surface area (Å²) >= 11 is 0. The first-order chi connectivity index (χ1) is 20.8. The highest BCUT2D eigenvalue weighted by Crippen LogP contribution is 2.23. The minimum Gasteiger partial charge on any atom is -0.492 e. The summed E-state index contributed by atoms with van der Waals surface area (Å²) in [6.07, 6.45) is 10.7. The van der Waals surface area contributed by atoms with Crippen molar-refractivity contribution >= 4 is 18.2 Å². The van der Waals surface area contributed by atoms with Gasteiger partial charge in [0.15, 0.2) is 0 Å². The third-order valence-electron chi connectivity index (χ3n) is 6.62. The van der Waals surface area contributed by atoms with Crippen molar-refractivity contribution in [2.75, 3.05) is 39.8 Å². The van der Waals surface area contributed by atoms with Crippen LogP contribution in [-0.4, -0.2) is 69.0 Å². The maximum Gasteiger partial charge on any atom is 0.240 e. The summed E-state index contributed by atoms with van der Waals surface area (Å²) in [5.41, 5.74) is 2.60. The molecule has 2 atom stereocenters. The Kier molecular flexibility index (Phi) is 28.3. The van der Waals surface area contributed by atoms with Crippen molar-refractivity contribution in [1.82, 2.24) is 20.9 Å². The summed E-state index contributed by atoms with van der Waals surface area (Å²) in [5.74, 6) is 0.812. The lowest BCUT2D eigenvalue weighted by atomic mass is 9.98. The van der Waals surface area contributed by atoms with Crippen molar-refractivity contribution in [3.63, 3.8) is 0 Å². The summed E-state index contributed by atoms with van der Waals surface area (Å²) < 4.78 is 6.08. The summed E-state index contributed by atoms with van der Waals surface area (Å²) in [4.78, 5) is 36.7. The molecule has 0 radical (unpaired) electrons. The molecule has 0 aliphatic heterocycles. The number of ether oxygens (including phenoxy) is 1. The monoisotopic (exact) mass is 602 g/mol. The third kappa shape index (κ3) is 20.4. The normalized spacial score (nSPS) is 13.2. The van der Waals surface area contributed by atoms with Crippen LogP contribution in [0.3, 0.4) is 0 Å². The Labute approximate surface area is 263 Å². The van der Waals surface area contributed by atoms with Gasteiger partial charge in [-0.25, -0.2) is 0 Å². The van der Waals surface area contributed by atoms with Gasteiger partial charge in [-0.05, 0) is 63.5 Å². The molecule has 0 bridgehead atoms. The number of nitrogens with zero attached hydrogens (tertiary/aromatic N) is 1. The van der Waals surface area contributed by atoms with Crippen LogP contribution in [0.25, 0.3) is 0 Å². The van der Waals surface area contributed by atoms with Crippen molar-refractivity contribution in [2.24, 2.45) is 5.92 Å². The summed E-state index contributed by atoms with van der Waals surface area (Å²) in [7, 11) is 1.66. The Morgan fingerprint density at radius 3 is 2.30 bits per heavy atom. The molecule has 1 aliphatic carbocycles. The molecule has 3 N–H and O–H groups in total. The van der Waals surface area contributed by atoms with Gasteiger partial charge in [0, 0.05) is 26.7 Å². The first kappa shape index (κ1) is 42.0. The average molecular weight is 603 g/mol. The molecule has 2 unspecified atom stereocenters. The highest BCUT2D eigenvalue weighted by molar-refractivity contribution is 5.87. The van der Waals surface area contributed by atoms with Gasteiger partial charge in [0.25, 0.3) is 0 Å². The molecular weight excluding hydrogens is 540 g/mol. The van der Waals surface area contributed by atoms with Gasteiger partial charge in [0.2, 0.25) is 18.2 Å². The molecule has 8 heteroatoms. The van der Waals surface area contributed by atoms with Crippen molar-refractivity contribution < 1.29 is 19.1 Å². The number of likely N-dealkylation sites (N-methyl/N-ethyl adjacent to an activating group) is 2. The Bertz CT molecular complexity index is 902. The van der Waals surface area contributed by atoms with E-state index in [9.17, 15) is 14.4 Å². The van der Waals surface area contributed by atoms with Crippen molar-refractivity contribution in [3.05, 3.63) is 59.4 Å². The minimum absolute atomic E-state index is 0.0534. The number of carbonyl (C=O) groups is 3. The number of benzene rings is 1. The van der Waals surface area contributed by atoms with Crippen molar-refractivity contribution in [1.29, 1.82) is 0 Å². The van der Waals surface area contributed by atoms with Crippen molar-refractivity contribution in [3.8, 4) is 0 Å². The SMILES string of the molecule is CC.CC.CCNC(=O)CN(C)C(=O)C(NCCOC1=C(CCCNC=O)CCCC=C1)C(C)CC.Cc1ccccc1. The van der Waals surface area contributed by atoms with E-state index >= 15 is 0 Å². The zero-order valence-electron chi connectivity index (χ0n) is 28.6. The second kappa shape index (κ2) is 29.0. The number of rotatable bonds is 16. The minimum atomic E-state index is -0.365. The number of aryl methyl sites for hydroxylation is 1. The lowest BCUT2D eigenvalue weighted by Gasteiger charge is -2.28.